The van der Waals surface area contributed by atoms with E-state index < -0.39 is 30.6 Å². The molecule has 2 rings (SSSR count). The highest BCUT2D eigenvalue weighted by Gasteiger charge is 2.33. The average Bonchev–Trinajstić information content (AvgIpc) is 2.75. The molecule has 2 N–H and O–H groups in total. The van der Waals surface area contributed by atoms with Crippen molar-refractivity contribution in [1.29, 1.82) is 0 Å². The number of benzene rings is 1. The molecule has 0 aromatic heterocycles. The van der Waals surface area contributed by atoms with Gasteiger partial charge < -0.3 is 5.73 Å². The van der Waals surface area contributed by atoms with Crippen LogP contribution < -0.4 is 5.73 Å². The number of sulfone groups is 1. The van der Waals surface area contributed by atoms with E-state index >= 15 is 0 Å². The second-order valence-corrected chi connectivity index (χ2v) is 8.70. The van der Waals surface area contributed by atoms with E-state index in [-0.39, 0.29) is 24.0 Å². The molecule has 1 aromatic carbocycles. The predicted molar refractivity (Wildman–Crippen MR) is 70.9 cm³/mol. The molecule has 1 atom stereocenters. The molecule has 0 aliphatic carbocycles. The fourth-order valence-electron chi connectivity index (χ4n) is 2.02. The van der Waals surface area contributed by atoms with Gasteiger partial charge in [-0.15, -0.1) is 0 Å². The molecule has 1 aliphatic rings. The van der Waals surface area contributed by atoms with Gasteiger partial charge in [-0.1, -0.05) is 0 Å². The van der Waals surface area contributed by atoms with Gasteiger partial charge in [0.25, 0.3) is 0 Å². The van der Waals surface area contributed by atoms with Gasteiger partial charge in [0.2, 0.25) is 10.0 Å². The zero-order valence-corrected chi connectivity index (χ0v) is 12.4. The summed E-state index contributed by atoms with van der Waals surface area (Å²) in [6.07, 6.45) is 1.43. The second kappa shape index (κ2) is 5.06. The Kier molecular flexibility index (Phi) is 3.89. The van der Waals surface area contributed by atoms with Gasteiger partial charge in [-0.2, -0.15) is 4.31 Å². The van der Waals surface area contributed by atoms with Gasteiger partial charge in [0.15, 0.2) is 9.84 Å². The van der Waals surface area contributed by atoms with Crippen molar-refractivity contribution in [2.24, 2.45) is 5.73 Å². The Bertz CT molecular complexity index is 731. The summed E-state index contributed by atoms with van der Waals surface area (Å²) in [7, 11) is -7.68. The highest BCUT2D eigenvalue weighted by molar-refractivity contribution is 7.91. The van der Waals surface area contributed by atoms with Crippen LogP contribution in [0.4, 0.5) is 4.39 Å². The van der Waals surface area contributed by atoms with E-state index in [4.69, 9.17) is 5.73 Å². The van der Waals surface area contributed by atoms with Crippen LogP contribution >= 0.6 is 0 Å². The molecule has 1 heterocycles. The van der Waals surface area contributed by atoms with Crippen molar-refractivity contribution in [2.45, 2.75) is 22.3 Å². The number of halogens is 1. The maximum Gasteiger partial charge on any atom is 0.246 e. The Morgan fingerprint density at radius 1 is 1.30 bits per heavy atom. The van der Waals surface area contributed by atoms with Crippen LogP contribution in [0.15, 0.2) is 28.0 Å². The number of nitrogens with zero attached hydrogens (tertiary/aromatic N) is 1. The third-order valence-corrected chi connectivity index (χ3v) is 6.13. The minimum absolute atomic E-state index is 0.102. The number of sulfonamides is 1. The van der Waals surface area contributed by atoms with Crippen LogP contribution in [0, 0.1) is 5.82 Å². The summed E-state index contributed by atoms with van der Waals surface area (Å²) in [5, 5.41) is 0. The van der Waals surface area contributed by atoms with Crippen molar-refractivity contribution < 1.29 is 21.2 Å². The summed E-state index contributed by atoms with van der Waals surface area (Å²) in [6.45, 7) is 0.302. The summed E-state index contributed by atoms with van der Waals surface area (Å²) in [5.41, 5.74) is 5.64. The summed E-state index contributed by atoms with van der Waals surface area (Å²) >= 11 is 0. The molecule has 0 bridgehead atoms. The van der Waals surface area contributed by atoms with E-state index in [1.807, 2.05) is 0 Å². The Morgan fingerprint density at radius 2 is 1.95 bits per heavy atom. The fraction of sp³-hybridized carbons (Fsp3) is 0.455. The number of nitrogens with two attached hydrogens (primary N) is 1. The van der Waals surface area contributed by atoms with Crippen LogP contribution in [0.3, 0.4) is 0 Å². The standard InChI is InChI=1S/C11H15FN2O4S2/c1-19(15,16)9-2-3-10(12)11(6-9)20(17,18)14-5-4-8(13)7-14/h2-3,6,8H,4-5,7,13H2,1H3/t8-/m1/s1. The molecule has 0 unspecified atom stereocenters. The van der Waals surface area contributed by atoms with Gasteiger partial charge in [-0.25, -0.2) is 21.2 Å². The lowest BCUT2D eigenvalue weighted by Crippen LogP contribution is -2.32. The first kappa shape index (κ1) is 15.4. The summed E-state index contributed by atoms with van der Waals surface area (Å²) in [4.78, 5) is -0.865. The molecule has 0 spiro atoms. The number of rotatable bonds is 3. The van der Waals surface area contributed by atoms with E-state index in [9.17, 15) is 21.2 Å². The van der Waals surface area contributed by atoms with Crippen molar-refractivity contribution in [3.05, 3.63) is 24.0 Å². The van der Waals surface area contributed by atoms with E-state index in [0.29, 0.717) is 6.42 Å². The zero-order valence-electron chi connectivity index (χ0n) is 10.8. The number of hydrogen-bond donors (Lipinski definition) is 1. The highest BCUT2D eigenvalue weighted by Crippen LogP contribution is 2.25. The zero-order chi connectivity index (χ0) is 15.1. The topological polar surface area (TPSA) is 97.5 Å². The Hall–Kier alpha value is -1.03. The van der Waals surface area contributed by atoms with Gasteiger partial charge in [0.05, 0.1) is 4.90 Å². The quantitative estimate of drug-likeness (QED) is 0.787. The molecular formula is C11H15FN2O4S2. The Balaban J connectivity index is 2.52. The molecule has 0 saturated carbocycles. The van der Waals surface area contributed by atoms with E-state index in [2.05, 4.69) is 0 Å². The first-order valence-electron chi connectivity index (χ1n) is 5.88. The molecule has 112 valence electrons. The first-order valence-corrected chi connectivity index (χ1v) is 9.21. The molecule has 1 saturated heterocycles. The molecule has 20 heavy (non-hydrogen) atoms. The van der Waals surface area contributed by atoms with Crippen molar-refractivity contribution >= 4 is 19.9 Å². The second-order valence-electron chi connectivity index (χ2n) is 4.78. The van der Waals surface area contributed by atoms with Crippen LogP contribution in [-0.2, 0) is 19.9 Å². The van der Waals surface area contributed by atoms with Crippen LogP contribution in [-0.4, -0.2) is 46.5 Å². The normalized spacial score (nSPS) is 21.2. The predicted octanol–water partition coefficient (Wildman–Crippen LogP) is -0.0491. The molecule has 0 radical (unpaired) electrons. The van der Waals surface area contributed by atoms with Gasteiger partial charge in [0.1, 0.15) is 10.7 Å². The van der Waals surface area contributed by atoms with Crippen LogP contribution in [0.2, 0.25) is 0 Å². The summed E-state index contributed by atoms with van der Waals surface area (Å²) < 4.78 is 62.4. The van der Waals surface area contributed by atoms with E-state index in [0.717, 1.165) is 28.8 Å². The largest absolute Gasteiger partial charge is 0.326 e. The molecule has 9 heteroatoms. The molecule has 1 fully saturated rings. The highest BCUT2D eigenvalue weighted by atomic mass is 32.2. The molecule has 1 aliphatic heterocycles. The van der Waals surface area contributed by atoms with Crippen LogP contribution in [0.5, 0.6) is 0 Å². The third kappa shape index (κ3) is 2.85. The van der Waals surface area contributed by atoms with Crippen molar-refractivity contribution in [3.63, 3.8) is 0 Å². The fourth-order valence-corrected chi connectivity index (χ4v) is 4.35. The minimum atomic E-state index is -4.07. The van der Waals surface area contributed by atoms with Crippen molar-refractivity contribution in [3.8, 4) is 0 Å². The van der Waals surface area contributed by atoms with Crippen molar-refractivity contribution in [2.75, 3.05) is 19.3 Å². The lowest BCUT2D eigenvalue weighted by atomic mass is 10.3. The summed E-state index contributed by atoms with van der Waals surface area (Å²) in [5.74, 6) is -0.974. The summed E-state index contributed by atoms with van der Waals surface area (Å²) in [6, 6.07) is 2.45. The Labute approximate surface area is 117 Å². The third-order valence-electron chi connectivity index (χ3n) is 3.14. The Morgan fingerprint density at radius 3 is 2.45 bits per heavy atom. The van der Waals surface area contributed by atoms with Gasteiger partial charge in [-0.05, 0) is 24.6 Å². The molecular weight excluding hydrogens is 307 g/mol. The van der Waals surface area contributed by atoms with Gasteiger partial charge in [-0.3, -0.25) is 0 Å². The first-order chi connectivity index (χ1) is 9.12. The maximum absolute atomic E-state index is 13.8. The van der Waals surface area contributed by atoms with E-state index in [1.54, 1.807) is 0 Å². The van der Waals surface area contributed by atoms with Gasteiger partial charge in [0, 0.05) is 25.4 Å². The van der Waals surface area contributed by atoms with E-state index in [1.165, 1.54) is 0 Å². The smallest absolute Gasteiger partial charge is 0.246 e. The lowest BCUT2D eigenvalue weighted by molar-refractivity contribution is 0.465. The molecule has 6 nitrogen and oxygen atoms in total. The van der Waals surface area contributed by atoms with Gasteiger partial charge >= 0.3 is 0 Å². The lowest BCUT2D eigenvalue weighted by Gasteiger charge is -2.16. The number of hydrogen-bond acceptors (Lipinski definition) is 5. The minimum Gasteiger partial charge on any atom is -0.326 e. The van der Waals surface area contributed by atoms with Crippen LogP contribution in [0.1, 0.15) is 6.42 Å². The molecule has 1 aromatic rings. The molecule has 0 amide bonds. The van der Waals surface area contributed by atoms with Crippen molar-refractivity contribution in [1.82, 2.24) is 4.31 Å². The monoisotopic (exact) mass is 322 g/mol. The maximum atomic E-state index is 13.8. The average molecular weight is 322 g/mol. The van der Waals surface area contributed by atoms with Crippen LogP contribution in [0.25, 0.3) is 0 Å². The SMILES string of the molecule is CS(=O)(=O)c1ccc(F)c(S(=O)(=O)N2CC[C@@H](N)C2)c1.